The molecule has 1 aliphatic heterocycles. The Morgan fingerprint density at radius 3 is 2.53 bits per heavy atom. The van der Waals surface area contributed by atoms with Gasteiger partial charge in [-0.15, -0.1) is 12.4 Å². The van der Waals surface area contributed by atoms with Crippen LogP contribution in [-0.2, 0) is 0 Å². The maximum Gasteiger partial charge on any atom is 0.132 e. The number of piperazine rings is 1. The van der Waals surface area contributed by atoms with Gasteiger partial charge in [0.05, 0.1) is 13.6 Å². The molecule has 2 nitrogen and oxygen atoms in total. The Morgan fingerprint density at radius 2 is 1.93 bits per heavy atom. The van der Waals surface area contributed by atoms with Crippen LogP contribution in [-0.4, -0.2) is 32.7 Å². The molecule has 1 aromatic rings. The Kier molecular flexibility index (Phi) is 4.14. The summed E-state index contributed by atoms with van der Waals surface area (Å²) in [6.45, 7) is 5.74. The smallest absolute Gasteiger partial charge is 0.132 e. The van der Waals surface area contributed by atoms with Gasteiger partial charge in [0.1, 0.15) is 11.7 Å². The maximum absolute atomic E-state index is 3.44. The average molecular weight is 228 g/mol. The predicted molar refractivity (Wildman–Crippen MR) is 68.6 cm³/mol. The number of hydrogen-bond donors (Lipinski definition) is 1. The first-order valence-corrected chi connectivity index (χ1v) is 5.35. The van der Waals surface area contributed by atoms with E-state index in [0.29, 0.717) is 6.04 Å². The maximum atomic E-state index is 3.44. The highest BCUT2D eigenvalue weighted by atomic mass is 35.5. The quantitative estimate of drug-likeness (QED) is 0.725. The van der Waals surface area contributed by atoms with E-state index in [1.807, 2.05) is 0 Å². The summed E-state index contributed by atoms with van der Waals surface area (Å²) in [5, 5.41) is 3.44. The summed E-state index contributed by atoms with van der Waals surface area (Å²) in [6, 6.07) is 11.5. The molecule has 84 valence electrons. The highest BCUT2D eigenvalue weighted by molar-refractivity contribution is 5.85. The van der Waals surface area contributed by atoms with E-state index >= 15 is 0 Å². The summed E-state index contributed by atoms with van der Waals surface area (Å²) >= 11 is 0. The van der Waals surface area contributed by atoms with Crippen molar-refractivity contribution in [1.29, 1.82) is 0 Å². The molecule has 1 aromatic carbocycles. The molecule has 15 heavy (non-hydrogen) atoms. The molecule has 1 fully saturated rings. The van der Waals surface area contributed by atoms with Gasteiger partial charge in [-0.3, -0.25) is 4.48 Å². The van der Waals surface area contributed by atoms with Crippen molar-refractivity contribution in [1.82, 2.24) is 9.80 Å². The van der Waals surface area contributed by atoms with E-state index in [1.165, 1.54) is 12.2 Å². The van der Waals surface area contributed by atoms with Crippen LogP contribution >= 0.6 is 12.4 Å². The van der Waals surface area contributed by atoms with Crippen LogP contribution in [0.1, 0.15) is 6.92 Å². The monoisotopic (exact) mass is 227 g/mol. The number of halogens is 1. The van der Waals surface area contributed by atoms with Crippen molar-refractivity contribution in [2.75, 3.05) is 26.7 Å². The van der Waals surface area contributed by atoms with E-state index in [1.54, 1.807) is 0 Å². The van der Waals surface area contributed by atoms with Crippen molar-refractivity contribution >= 4 is 18.1 Å². The number of nitrogens with zero attached hydrogens (tertiary/aromatic N) is 1. The van der Waals surface area contributed by atoms with Gasteiger partial charge in [0.25, 0.3) is 0 Å². The van der Waals surface area contributed by atoms with Gasteiger partial charge in [0.15, 0.2) is 0 Å². The fourth-order valence-electron chi connectivity index (χ4n) is 2.20. The second kappa shape index (κ2) is 4.97. The van der Waals surface area contributed by atoms with Crippen LogP contribution < -0.4 is 9.80 Å². The highest BCUT2D eigenvalue weighted by Crippen LogP contribution is 2.24. The van der Waals surface area contributed by atoms with E-state index < -0.39 is 0 Å². The molecule has 1 N–H and O–H groups in total. The largest absolute Gasteiger partial charge is 0.306 e. The zero-order valence-corrected chi connectivity index (χ0v) is 10.3. The Balaban J connectivity index is 0.00000112. The van der Waals surface area contributed by atoms with E-state index in [4.69, 9.17) is 0 Å². The number of nitrogens with one attached hydrogen (secondary N) is 1. The minimum Gasteiger partial charge on any atom is -0.306 e. The van der Waals surface area contributed by atoms with Crippen molar-refractivity contribution in [3.8, 4) is 0 Å². The molecule has 0 aliphatic carbocycles. The fraction of sp³-hybridized carbons (Fsp3) is 0.500. The van der Waals surface area contributed by atoms with Crippen molar-refractivity contribution in [2.24, 2.45) is 0 Å². The average Bonchev–Trinajstić information content (AvgIpc) is 2.24. The first kappa shape index (κ1) is 12.5. The van der Waals surface area contributed by atoms with Crippen molar-refractivity contribution in [3.63, 3.8) is 0 Å². The third-order valence-electron chi connectivity index (χ3n) is 3.51. The summed E-state index contributed by atoms with van der Waals surface area (Å²) in [5.41, 5.74) is 1.43. The van der Waals surface area contributed by atoms with Gasteiger partial charge >= 0.3 is 0 Å². The first-order valence-electron chi connectivity index (χ1n) is 5.35. The molecule has 2 atom stereocenters. The molecular weight excluding hydrogens is 208 g/mol. The van der Waals surface area contributed by atoms with Crippen LogP contribution in [0.4, 0.5) is 5.69 Å². The van der Waals surface area contributed by atoms with Crippen LogP contribution in [0.15, 0.2) is 30.3 Å². The molecular formula is C12H20ClN2+. The Labute approximate surface area is 98.3 Å². The molecule has 1 aliphatic rings. The molecule has 2 unspecified atom stereocenters. The normalized spacial score (nSPS) is 30.7. The van der Waals surface area contributed by atoms with Crippen LogP contribution in [0.3, 0.4) is 0 Å². The van der Waals surface area contributed by atoms with Crippen molar-refractivity contribution < 1.29 is 0 Å². The number of hydrogen-bond acceptors (Lipinski definition) is 1. The lowest BCUT2D eigenvalue weighted by Gasteiger charge is -2.43. The zero-order valence-electron chi connectivity index (χ0n) is 9.44. The second-order valence-electron chi connectivity index (χ2n) is 4.38. The molecule has 0 radical (unpaired) electrons. The number of rotatable bonds is 1. The number of para-hydroxylation sites is 1. The van der Waals surface area contributed by atoms with E-state index in [-0.39, 0.29) is 12.4 Å². The second-order valence-corrected chi connectivity index (χ2v) is 4.38. The molecule has 3 heteroatoms. The summed E-state index contributed by atoms with van der Waals surface area (Å²) in [5.74, 6) is 0. The van der Waals surface area contributed by atoms with Crippen LogP contribution in [0, 0.1) is 0 Å². The first-order chi connectivity index (χ1) is 6.73. The summed E-state index contributed by atoms with van der Waals surface area (Å²) in [4.78, 5) is 0. The van der Waals surface area contributed by atoms with Gasteiger partial charge < -0.3 is 5.32 Å². The highest BCUT2D eigenvalue weighted by Gasteiger charge is 2.33. The number of quaternary nitrogens is 1. The van der Waals surface area contributed by atoms with Gasteiger partial charge in [0.2, 0.25) is 0 Å². The Hall–Kier alpha value is -0.570. The summed E-state index contributed by atoms with van der Waals surface area (Å²) < 4.78 is 1.06. The molecule has 0 saturated carbocycles. The third-order valence-corrected chi connectivity index (χ3v) is 3.51. The molecule has 1 heterocycles. The summed E-state index contributed by atoms with van der Waals surface area (Å²) in [6.07, 6.45) is 0. The predicted octanol–water partition coefficient (Wildman–Crippen LogP) is 2.04. The fourth-order valence-corrected chi connectivity index (χ4v) is 2.20. The molecule has 2 rings (SSSR count). The third kappa shape index (κ3) is 2.33. The van der Waals surface area contributed by atoms with E-state index in [2.05, 4.69) is 49.6 Å². The van der Waals surface area contributed by atoms with Crippen LogP contribution in [0.5, 0.6) is 0 Å². The van der Waals surface area contributed by atoms with E-state index in [9.17, 15) is 0 Å². The SMILES string of the molecule is CC1CNCC[N+]1(C)c1ccccc1.Cl. The molecule has 0 aromatic heterocycles. The van der Waals surface area contributed by atoms with Gasteiger partial charge in [-0.25, -0.2) is 0 Å². The lowest BCUT2D eigenvalue weighted by atomic mass is 10.1. The van der Waals surface area contributed by atoms with E-state index in [0.717, 1.165) is 17.6 Å². The zero-order chi connectivity index (χ0) is 10.0. The number of benzene rings is 1. The lowest BCUT2D eigenvalue weighted by Crippen LogP contribution is -2.62. The van der Waals surface area contributed by atoms with Crippen LogP contribution in [0.2, 0.25) is 0 Å². The minimum absolute atomic E-state index is 0. The Morgan fingerprint density at radius 1 is 1.27 bits per heavy atom. The Bertz CT molecular complexity index is 302. The van der Waals surface area contributed by atoms with Gasteiger partial charge in [-0.2, -0.15) is 0 Å². The van der Waals surface area contributed by atoms with Crippen molar-refractivity contribution in [3.05, 3.63) is 30.3 Å². The molecule has 0 spiro atoms. The summed E-state index contributed by atoms with van der Waals surface area (Å²) in [7, 11) is 2.33. The van der Waals surface area contributed by atoms with Crippen LogP contribution in [0.25, 0.3) is 0 Å². The standard InChI is InChI=1S/C12H19N2.ClH/c1-11-10-13-8-9-14(11,2)12-6-4-3-5-7-12;/h3-7,11,13H,8-10H2,1-2H3;1H/q+1;. The molecule has 0 amide bonds. The molecule has 0 bridgehead atoms. The topological polar surface area (TPSA) is 12.0 Å². The molecule has 1 saturated heterocycles. The van der Waals surface area contributed by atoms with Gasteiger partial charge in [-0.1, -0.05) is 18.2 Å². The minimum atomic E-state index is 0. The van der Waals surface area contributed by atoms with Crippen molar-refractivity contribution in [2.45, 2.75) is 13.0 Å². The lowest BCUT2D eigenvalue weighted by molar-refractivity contribution is 0.215. The van der Waals surface area contributed by atoms with Gasteiger partial charge in [0, 0.05) is 13.1 Å². The number of likely N-dealkylation sites (N-methyl/N-ethyl adjacent to an activating group) is 1. The van der Waals surface area contributed by atoms with Gasteiger partial charge in [-0.05, 0) is 19.1 Å².